The van der Waals surface area contributed by atoms with Crippen molar-refractivity contribution in [2.24, 2.45) is 0 Å². The summed E-state index contributed by atoms with van der Waals surface area (Å²) in [5, 5.41) is 3.66. The molecule has 0 aliphatic carbocycles. The molecule has 0 unspecified atom stereocenters. The highest BCUT2D eigenvalue weighted by Gasteiger charge is 2.13. The van der Waals surface area contributed by atoms with Crippen LogP contribution in [-0.4, -0.2) is 20.4 Å². The van der Waals surface area contributed by atoms with E-state index in [9.17, 15) is 13.6 Å². The fraction of sp³-hybridized carbons (Fsp3) is 0.107. The van der Waals surface area contributed by atoms with E-state index in [0.29, 0.717) is 24.4 Å². The monoisotopic (exact) mass is 500 g/mol. The van der Waals surface area contributed by atoms with Gasteiger partial charge in [-0.05, 0) is 59.2 Å². The molecule has 0 radical (unpaired) electrons. The number of hydrogen-bond acceptors (Lipinski definition) is 4. The molecule has 0 fully saturated rings. The van der Waals surface area contributed by atoms with Crippen LogP contribution in [0.4, 0.5) is 8.78 Å². The fourth-order valence-electron chi connectivity index (χ4n) is 3.82. The standard InChI is InChI=1S/C28H22F2N4OS/c29-23-10-6-19(7-11-23)15-32-27(35)22-8-4-20(5-9-22)18-36-28-33-25-12-13-31-16-26(25)34(28)17-21-2-1-3-24(30)14-21/h1-14,16H,15,17-18H2,(H,32,35). The maximum Gasteiger partial charge on any atom is 0.251 e. The van der Waals surface area contributed by atoms with Crippen LogP contribution in [0.3, 0.4) is 0 Å². The third-order valence-electron chi connectivity index (χ3n) is 5.70. The lowest BCUT2D eigenvalue weighted by molar-refractivity contribution is 0.0951. The lowest BCUT2D eigenvalue weighted by Crippen LogP contribution is -2.22. The number of rotatable bonds is 8. The third-order valence-corrected chi connectivity index (χ3v) is 6.74. The molecule has 36 heavy (non-hydrogen) atoms. The van der Waals surface area contributed by atoms with Crippen LogP contribution in [0.25, 0.3) is 11.0 Å². The Morgan fingerprint density at radius 3 is 2.44 bits per heavy atom. The molecular formula is C28H22F2N4OS. The minimum Gasteiger partial charge on any atom is -0.348 e. The number of thioether (sulfide) groups is 1. The molecule has 5 rings (SSSR count). The van der Waals surface area contributed by atoms with Crippen molar-refractivity contribution < 1.29 is 13.6 Å². The van der Waals surface area contributed by atoms with E-state index in [-0.39, 0.29) is 17.5 Å². The number of nitrogens with one attached hydrogen (secondary N) is 1. The summed E-state index contributed by atoms with van der Waals surface area (Å²) in [5.41, 5.74) is 4.98. The molecule has 0 aliphatic heterocycles. The molecule has 1 N–H and O–H groups in total. The number of pyridine rings is 1. The number of carbonyl (C=O) groups is 1. The number of hydrogen-bond donors (Lipinski definition) is 1. The predicted octanol–water partition coefficient (Wildman–Crippen LogP) is 5.98. The molecule has 2 heterocycles. The van der Waals surface area contributed by atoms with Gasteiger partial charge in [0, 0.05) is 24.1 Å². The van der Waals surface area contributed by atoms with Crippen molar-refractivity contribution in [3.8, 4) is 0 Å². The van der Waals surface area contributed by atoms with Crippen LogP contribution in [0.5, 0.6) is 0 Å². The van der Waals surface area contributed by atoms with E-state index < -0.39 is 0 Å². The molecular weight excluding hydrogens is 478 g/mol. The van der Waals surface area contributed by atoms with Crippen molar-refractivity contribution >= 4 is 28.7 Å². The first-order valence-electron chi connectivity index (χ1n) is 11.3. The molecule has 5 nitrogen and oxygen atoms in total. The lowest BCUT2D eigenvalue weighted by atomic mass is 10.1. The quantitative estimate of drug-likeness (QED) is 0.266. The first-order valence-corrected chi connectivity index (χ1v) is 12.3. The molecule has 0 bridgehead atoms. The van der Waals surface area contributed by atoms with E-state index in [4.69, 9.17) is 4.98 Å². The second-order valence-corrected chi connectivity index (χ2v) is 9.21. The molecule has 0 spiro atoms. The number of nitrogens with zero attached hydrogens (tertiary/aromatic N) is 3. The summed E-state index contributed by atoms with van der Waals surface area (Å²) in [6.45, 7) is 0.808. The highest BCUT2D eigenvalue weighted by Crippen LogP contribution is 2.27. The Labute approximate surface area is 211 Å². The molecule has 2 aromatic heterocycles. The van der Waals surface area contributed by atoms with Crippen LogP contribution in [0.2, 0.25) is 0 Å². The van der Waals surface area contributed by atoms with Gasteiger partial charge < -0.3 is 9.88 Å². The molecule has 0 saturated carbocycles. The maximum atomic E-state index is 13.7. The number of amides is 1. The van der Waals surface area contributed by atoms with Gasteiger partial charge in [-0.1, -0.05) is 48.2 Å². The van der Waals surface area contributed by atoms with Crippen molar-refractivity contribution in [1.82, 2.24) is 19.9 Å². The molecule has 0 saturated heterocycles. The number of imidazole rings is 1. The van der Waals surface area contributed by atoms with Crippen molar-refractivity contribution in [1.29, 1.82) is 0 Å². The number of fused-ring (bicyclic) bond motifs is 1. The first kappa shape index (κ1) is 23.7. The van der Waals surface area contributed by atoms with Gasteiger partial charge in [0.2, 0.25) is 0 Å². The summed E-state index contributed by atoms with van der Waals surface area (Å²) < 4.78 is 28.8. The summed E-state index contributed by atoms with van der Waals surface area (Å²) in [7, 11) is 0. The molecule has 180 valence electrons. The van der Waals surface area contributed by atoms with E-state index in [2.05, 4.69) is 10.3 Å². The second-order valence-electron chi connectivity index (χ2n) is 8.27. The molecule has 1 amide bonds. The van der Waals surface area contributed by atoms with Gasteiger partial charge in [0.15, 0.2) is 5.16 Å². The summed E-state index contributed by atoms with van der Waals surface area (Å²) >= 11 is 1.57. The van der Waals surface area contributed by atoms with E-state index in [0.717, 1.165) is 32.9 Å². The Morgan fingerprint density at radius 1 is 0.889 bits per heavy atom. The second kappa shape index (κ2) is 10.7. The molecule has 3 aromatic carbocycles. The normalized spacial score (nSPS) is 11.1. The topological polar surface area (TPSA) is 59.8 Å². The molecule has 8 heteroatoms. The Kier molecular flexibility index (Phi) is 7.04. The third kappa shape index (κ3) is 5.60. The number of benzene rings is 3. The summed E-state index contributed by atoms with van der Waals surface area (Å²) in [6.07, 6.45) is 3.47. The number of aromatic nitrogens is 3. The zero-order valence-corrected chi connectivity index (χ0v) is 20.0. The average molecular weight is 501 g/mol. The Morgan fingerprint density at radius 2 is 1.67 bits per heavy atom. The van der Waals surface area contributed by atoms with Gasteiger partial charge >= 0.3 is 0 Å². The van der Waals surface area contributed by atoms with Gasteiger partial charge in [0.25, 0.3) is 5.91 Å². The van der Waals surface area contributed by atoms with Crippen molar-refractivity contribution in [2.45, 2.75) is 24.0 Å². The van der Waals surface area contributed by atoms with Crippen LogP contribution in [0.1, 0.15) is 27.0 Å². The highest BCUT2D eigenvalue weighted by molar-refractivity contribution is 7.98. The highest BCUT2D eigenvalue weighted by atomic mass is 32.2. The SMILES string of the molecule is O=C(NCc1ccc(F)cc1)c1ccc(CSc2nc3ccncc3n2Cc2cccc(F)c2)cc1. The van der Waals surface area contributed by atoms with Crippen LogP contribution in [0, 0.1) is 11.6 Å². The van der Waals surface area contributed by atoms with Gasteiger partial charge in [-0.2, -0.15) is 0 Å². The summed E-state index contributed by atoms with van der Waals surface area (Å²) in [4.78, 5) is 21.5. The van der Waals surface area contributed by atoms with Crippen LogP contribution < -0.4 is 5.32 Å². The fourth-order valence-corrected chi connectivity index (χ4v) is 4.79. The van der Waals surface area contributed by atoms with Crippen molar-refractivity contribution in [3.63, 3.8) is 0 Å². The van der Waals surface area contributed by atoms with E-state index in [1.54, 1.807) is 54.5 Å². The minimum atomic E-state index is -0.306. The van der Waals surface area contributed by atoms with Gasteiger partial charge in [-0.15, -0.1) is 0 Å². The first-order chi connectivity index (χ1) is 17.5. The number of halogens is 2. The van der Waals surface area contributed by atoms with Crippen molar-refractivity contribution in [2.75, 3.05) is 0 Å². The Hall–Kier alpha value is -4.04. The lowest BCUT2D eigenvalue weighted by Gasteiger charge is -2.10. The van der Waals surface area contributed by atoms with E-state index in [1.165, 1.54) is 24.3 Å². The molecule has 0 atom stereocenters. The van der Waals surface area contributed by atoms with Crippen molar-refractivity contribution in [3.05, 3.63) is 125 Å². The molecule has 0 aliphatic rings. The zero-order chi connectivity index (χ0) is 24.9. The van der Waals surface area contributed by atoms with Gasteiger partial charge in [0.1, 0.15) is 11.6 Å². The van der Waals surface area contributed by atoms with Gasteiger partial charge in [-0.3, -0.25) is 9.78 Å². The smallest absolute Gasteiger partial charge is 0.251 e. The largest absolute Gasteiger partial charge is 0.348 e. The average Bonchev–Trinajstić information content (AvgIpc) is 3.24. The van der Waals surface area contributed by atoms with E-state index >= 15 is 0 Å². The maximum absolute atomic E-state index is 13.7. The van der Waals surface area contributed by atoms with Crippen LogP contribution in [-0.2, 0) is 18.8 Å². The predicted molar refractivity (Wildman–Crippen MR) is 137 cm³/mol. The Bertz CT molecular complexity index is 1500. The summed E-state index contributed by atoms with van der Waals surface area (Å²) in [5.74, 6) is -0.120. The van der Waals surface area contributed by atoms with Crippen LogP contribution in [0.15, 0.2) is 96.4 Å². The zero-order valence-electron chi connectivity index (χ0n) is 19.2. The molecule has 5 aromatic rings. The summed E-state index contributed by atoms with van der Waals surface area (Å²) in [6, 6.07) is 21.9. The van der Waals surface area contributed by atoms with E-state index in [1.807, 2.05) is 28.8 Å². The van der Waals surface area contributed by atoms with Gasteiger partial charge in [0.05, 0.1) is 23.8 Å². The van der Waals surface area contributed by atoms with Gasteiger partial charge in [-0.25, -0.2) is 13.8 Å². The number of carbonyl (C=O) groups excluding carboxylic acids is 1. The Balaban J connectivity index is 1.26. The van der Waals surface area contributed by atoms with Crippen LogP contribution >= 0.6 is 11.8 Å². The minimum absolute atomic E-state index is 0.192.